The van der Waals surface area contributed by atoms with Crippen LogP contribution in [0, 0.1) is 11.8 Å². The number of aliphatic carboxylic acids is 1. The molecule has 0 aromatic rings. The van der Waals surface area contributed by atoms with E-state index in [1.165, 1.54) is 0 Å². The molecule has 0 aromatic carbocycles. The fourth-order valence-electron chi connectivity index (χ4n) is 2.71. The maximum Gasteiger partial charge on any atom is 0.451 e. The van der Waals surface area contributed by atoms with E-state index in [4.69, 9.17) is 26.6 Å². The zero-order valence-corrected chi connectivity index (χ0v) is 12.3. The molecule has 114 valence electrons. The van der Waals surface area contributed by atoms with Gasteiger partial charge in [0.15, 0.2) is 0 Å². The number of hydrogen-bond donors (Lipinski definition) is 5. The van der Waals surface area contributed by atoms with Crippen LogP contribution in [-0.2, 0) is 4.79 Å². The molecule has 7 N–H and O–H groups in total. The van der Waals surface area contributed by atoms with E-state index in [1.54, 1.807) is 0 Å². The van der Waals surface area contributed by atoms with E-state index in [1.807, 2.05) is 0 Å². The van der Waals surface area contributed by atoms with Gasteiger partial charge in [-0.05, 0) is 44.0 Å². The summed E-state index contributed by atoms with van der Waals surface area (Å²) >= 11 is 0. The van der Waals surface area contributed by atoms with E-state index < -0.39 is 18.6 Å². The summed E-state index contributed by atoms with van der Waals surface area (Å²) in [5.74, 6) is -0.795. The van der Waals surface area contributed by atoms with Crippen LogP contribution in [0.5, 0.6) is 0 Å². The molecule has 1 aliphatic carbocycles. The minimum Gasteiger partial charge on any atom is -0.480 e. The van der Waals surface area contributed by atoms with Crippen molar-refractivity contribution in [3.05, 3.63) is 0 Å². The van der Waals surface area contributed by atoms with Crippen molar-refractivity contribution in [2.24, 2.45) is 23.3 Å². The Morgan fingerprint density at radius 3 is 2.21 bits per heavy atom. The summed E-state index contributed by atoms with van der Waals surface area (Å²) in [6.45, 7) is 0.421. The van der Waals surface area contributed by atoms with Crippen molar-refractivity contribution in [1.82, 2.24) is 0 Å². The second-order valence-corrected chi connectivity index (χ2v) is 5.13. The zero-order chi connectivity index (χ0) is 13.1. The first-order chi connectivity index (χ1) is 7.87. The van der Waals surface area contributed by atoms with Gasteiger partial charge in [-0.2, -0.15) is 0 Å². The number of hydrogen-bond acceptors (Lipinski definition) is 5. The summed E-state index contributed by atoms with van der Waals surface area (Å²) < 4.78 is 0. The minimum atomic E-state index is -1.34. The van der Waals surface area contributed by atoms with Crippen LogP contribution < -0.4 is 11.5 Å². The lowest BCUT2D eigenvalue weighted by Crippen LogP contribution is -2.54. The molecule has 6 nitrogen and oxygen atoms in total. The fraction of sp³-hybridized carbons (Fsp3) is 0.900. The number of halogens is 2. The van der Waals surface area contributed by atoms with Gasteiger partial charge in [-0.3, -0.25) is 4.79 Å². The van der Waals surface area contributed by atoms with Gasteiger partial charge >= 0.3 is 13.1 Å². The summed E-state index contributed by atoms with van der Waals surface area (Å²) in [5, 5.41) is 26.8. The highest BCUT2D eigenvalue weighted by Gasteiger charge is 2.42. The molecule has 0 aromatic heterocycles. The van der Waals surface area contributed by atoms with Crippen LogP contribution in [0.1, 0.15) is 25.7 Å². The van der Waals surface area contributed by atoms with E-state index >= 15 is 0 Å². The van der Waals surface area contributed by atoms with E-state index in [-0.39, 0.29) is 43.0 Å². The van der Waals surface area contributed by atoms with Gasteiger partial charge in [0, 0.05) is 0 Å². The molecule has 0 radical (unpaired) electrons. The van der Waals surface area contributed by atoms with Gasteiger partial charge in [0.2, 0.25) is 0 Å². The number of rotatable bonds is 5. The lowest BCUT2D eigenvalue weighted by atomic mass is 9.67. The zero-order valence-electron chi connectivity index (χ0n) is 10.7. The predicted octanol–water partition coefficient (Wildman–Crippen LogP) is -0.150. The Kier molecular flexibility index (Phi) is 10.1. The van der Waals surface area contributed by atoms with Gasteiger partial charge in [0.05, 0.1) is 0 Å². The highest BCUT2D eigenvalue weighted by atomic mass is 35.5. The summed E-state index contributed by atoms with van der Waals surface area (Å²) in [7, 11) is -1.34. The highest BCUT2D eigenvalue weighted by molar-refractivity contribution is 6.40. The predicted molar refractivity (Wildman–Crippen MR) is 78.6 cm³/mol. The first kappa shape index (κ1) is 21.3. The molecule has 1 saturated carbocycles. The van der Waals surface area contributed by atoms with Gasteiger partial charge in [-0.15, -0.1) is 24.8 Å². The Hall–Kier alpha value is -0.0451. The van der Waals surface area contributed by atoms with Crippen LogP contribution in [0.15, 0.2) is 0 Å². The Labute approximate surface area is 125 Å². The van der Waals surface area contributed by atoms with Gasteiger partial charge in [-0.1, -0.05) is 6.42 Å². The second-order valence-electron chi connectivity index (χ2n) is 5.13. The largest absolute Gasteiger partial charge is 0.480 e. The standard InChI is InChI=1S/C10H21BN2O4.2ClH/c12-6-8-3-7(1-2-11(16)17)4-10(13,5-8)9(14)15;;/h7-8,16-17H,1-6,12-13H2,(H,14,15);2*1H. The van der Waals surface area contributed by atoms with E-state index in [2.05, 4.69) is 0 Å². The van der Waals surface area contributed by atoms with Crippen LogP contribution in [0.2, 0.25) is 6.32 Å². The molecule has 0 saturated heterocycles. The normalized spacial score (nSPS) is 29.9. The fourth-order valence-corrected chi connectivity index (χ4v) is 2.71. The van der Waals surface area contributed by atoms with Crippen molar-refractivity contribution >= 4 is 37.9 Å². The third kappa shape index (κ3) is 6.29. The lowest BCUT2D eigenvalue weighted by Gasteiger charge is -2.39. The Morgan fingerprint density at radius 1 is 1.26 bits per heavy atom. The smallest absolute Gasteiger partial charge is 0.451 e. The number of carbonyl (C=O) groups is 1. The summed E-state index contributed by atoms with van der Waals surface area (Å²) in [5.41, 5.74) is 10.3. The molecule has 1 rings (SSSR count). The molecule has 0 spiro atoms. The van der Waals surface area contributed by atoms with Gasteiger partial charge in [0.1, 0.15) is 5.54 Å². The number of carboxylic acid groups (broad SMARTS) is 1. The Morgan fingerprint density at radius 2 is 1.79 bits per heavy atom. The Bertz CT molecular complexity index is 286. The van der Waals surface area contributed by atoms with E-state index in [0.717, 1.165) is 6.42 Å². The molecule has 1 aliphatic rings. The molecule has 9 heteroatoms. The molecule has 0 heterocycles. The van der Waals surface area contributed by atoms with Crippen molar-refractivity contribution in [3.63, 3.8) is 0 Å². The lowest BCUT2D eigenvalue weighted by molar-refractivity contribution is -0.146. The van der Waals surface area contributed by atoms with Crippen molar-refractivity contribution in [2.75, 3.05) is 6.54 Å². The maximum atomic E-state index is 11.2. The number of nitrogens with two attached hydrogens (primary N) is 2. The van der Waals surface area contributed by atoms with Crippen molar-refractivity contribution in [1.29, 1.82) is 0 Å². The van der Waals surface area contributed by atoms with Crippen molar-refractivity contribution in [3.8, 4) is 0 Å². The van der Waals surface area contributed by atoms with Gasteiger partial charge in [0.25, 0.3) is 0 Å². The summed E-state index contributed by atoms with van der Waals surface area (Å²) in [6.07, 6.45) is 2.41. The minimum absolute atomic E-state index is 0. The van der Waals surface area contributed by atoms with E-state index in [9.17, 15) is 4.79 Å². The molecule has 0 aliphatic heterocycles. The average molecular weight is 317 g/mol. The third-order valence-corrected chi connectivity index (χ3v) is 3.56. The van der Waals surface area contributed by atoms with Gasteiger partial charge in [-0.25, -0.2) is 0 Å². The van der Waals surface area contributed by atoms with Crippen LogP contribution >= 0.6 is 24.8 Å². The molecule has 3 unspecified atom stereocenters. The topological polar surface area (TPSA) is 130 Å². The second kappa shape index (κ2) is 8.99. The maximum absolute atomic E-state index is 11.2. The highest BCUT2D eigenvalue weighted by Crippen LogP contribution is 2.37. The van der Waals surface area contributed by atoms with Crippen molar-refractivity contribution in [2.45, 2.75) is 37.5 Å². The Balaban J connectivity index is 0. The molecular weight excluding hydrogens is 294 g/mol. The number of carboxylic acids is 1. The van der Waals surface area contributed by atoms with Gasteiger partial charge < -0.3 is 26.6 Å². The summed E-state index contributed by atoms with van der Waals surface area (Å²) in [6, 6.07) is 0. The van der Waals surface area contributed by atoms with Crippen LogP contribution in [-0.4, -0.2) is 40.3 Å². The van der Waals surface area contributed by atoms with Crippen molar-refractivity contribution < 1.29 is 19.9 Å². The molecule has 19 heavy (non-hydrogen) atoms. The van der Waals surface area contributed by atoms with Crippen LogP contribution in [0.3, 0.4) is 0 Å². The molecule has 3 atom stereocenters. The molecule has 0 bridgehead atoms. The molecular formula is C10H23BCl2N2O4. The molecule has 1 fully saturated rings. The third-order valence-electron chi connectivity index (χ3n) is 3.56. The van der Waals surface area contributed by atoms with E-state index in [0.29, 0.717) is 25.8 Å². The molecule has 0 amide bonds. The average Bonchev–Trinajstić information content (AvgIpc) is 2.25. The first-order valence-corrected chi connectivity index (χ1v) is 5.96. The monoisotopic (exact) mass is 316 g/mol. The quantitative estimate of drug-likeness (QED) is 0.448. The van der Waals surface area contributed by atoms with Crippen LogP contribution in [0.25, 0.3) is 0 Å². The SMILES string of the molecule is Cl.Cl.NCC1CC(CCB(O)O)CC(N)(C(=O)O)C1. The van der Waals surface area contributed by atoms with Crippen LogP contribution in [0.4, 0.5) is 0 Å². The summed E-state index contributed by atoms with van der Waals surface area (Å²) in [4.78, 5) is 11.2. The first-order valence-electron chi connectivity index (χ1n) is 5.96.